The molecule has 1 fully saturated rings. The van der Waals surface area contributed by atoms with Gasteiger partial charge in [0.25, 0.3) is 0 Å². The molecule has 1 aliphatic rings. The predicted octanol–water partition coefficient (Wildman–Crippen LogP) is 3.19. The lowest BCUT2D eigenvalue weighted by molar-refractivity contribution is -0.166. The van der Waals surface area contributed by atoms with Crippen molar-refractivity contribution in [1.29, 1.82) is 0 Å². The second-order valence-corrected chi connectivity index (χ2v) is 4.75. The summed E-state index contributed by atoms with van der Waals surface area (Å²) in [4.78, 5) is 0. The quantitative estimate of drug-likeness (QED) is 0.896. The molecule has 0 spiro atoms. The molecule has 0 saturated heterocycles. The fourth-order valence-corrected chi connectivity index (χ4v) is 2.00. The Kier molecular flexibility index (Phi) is 3.27. The third-order valence-corrected chi connectivity index (χ3v) is 3.35. The molecule has 0 atom stereocenters. The number of benzene rings is 1. The Labute approximate surface area is 104 Å². The van der Waals surface area contributed by atoms with E-state index in [4.69, 9.17) is 4.74 Å². The first-order valence-electron chi connectivity index (χ1n) is 5.83. The van der Waals surface area contributed by atoms with Gasteiger partial charge in [-0.25, -0.2) is 0 Å². The van der Waals surface area contributed by atoms with E-state index in [2.05, 4.69) is 5.32 Å². The largest absolute Gasteiger partial charge is 0.496 e. The van der Waals surface area contributed by atoms with E-state index in [0.717, 1.165) is 11.1 Å². The minimum atomic E-state index is -4.18. The van der Waals surface area contributed by atoms with E-state index in [0.29, 0.717) is 5.75 Å². The van der Waals surface area contributed by atoms with Crippen LogP contribution >= 0.6 is 0 Å². The van der Waals surface area contributed by atoms with Crippen molar-refractivity contribution in [2.24, 2.45) is 0 Å². The lowest BCUT2D eigenvalue weighted by Gasteiger charge is -2.21. The average molecular weight is 259 g/mol. The first-order valence-corrected chi connectivity index (χ1v) is 5.83. The van der Waals surface area contributed by atoms with Gasteiger partial charge in [0.05, 0.1) is 7.11 Å². The van der Waals surface area contributed by atoms with E-state index in [1.807, 2.05) is 19.1 Å². The molecule has 1 aromatic carbocycles. The normalized spacial score (nSPS) is 17.6. The van der Waals surface area contributed by atoms with Crippen LogP contribution in [0.2, 0.25) is 0 Å². The van der Waals surface area contributed by atoms with Gasteiger partial charge in [-0.2, -0.15) is 13.2 Å². The number of ether oxygens (including phenoxy) is 1. The molecular formula is C13H16F3NO. The zero-order chi connectivity index (χ0) is 13.4. The average Bonchev–Trinajstić information content (AvgIpc) is 3.07. The van der Waals surface area contributed by atoms with E-state index in [1.54, 1.807) is 6.07 Å². The van der Waals surface area contributed by atoms with Gasteiger partial charge in [0.15, 0.2) is 0 Å². The fourth-order valence-electron chi connectivity index (χ4n) is 2.00. The van der Waals surface area contributed by atoms with Crippen molar-refractivity contribution in [3.05, 3.63) is 29.3 Å². The number of halogens is 3. The molecule has 2 rings (SSSR count). The molecule has 0 amide bonds. The number of alkyl halides is 3. The van der Waals surface area contributed by atoms with Crippen molar-refractivity contribution in [1.82, 2.24) is 5.32 Å². The highest BCUT2D eigenvalue weighted by molar-refractivity contribution is 5.37. The molecule has 0 bridgehead atoms. The number of nitrogens with one attached hydrogen (secondary N) is 1. The summed E-state index contributed by atoms with van der Waals surface area (Å²) in [7, 11) is 1.52. The Morgan fingerprint density at radius 1 is 1.33 bits per heavy atom. The summed E-state index contributed by atoms with van der Waals surface area (Å²) in [5.41, 5.74) is 0.0827. The van der Waals surface area contributed by atoms with Crippen LogP contribution in [-0.4, -0.2) is 18.8 Å². The van der Waals surface area contributed by atoms with Crippen LogP contribution in [0.15, 0.2) is 18.2 Å². The van der Waals surface area contributed by atoms with Gasteiger partial charge in [0.2, 0.25) is 0 Å². The van der Waals surface area contributed by atoms with Gasteiger partial charge in [0.1, 0.15) is 11.3 Å². The molecular weight excluding hydrogens is 243 g/mol. The molecule has 1 aromatic rings. The summed E-state index contributed by atoms with van der Waals surface area (Å²) < 4.78 is 43.5. The molecule has 0 heterocycles. The standard InChI is InChI=1S/C13H16F3NO/c1-9-3-4-11(18-2)10(7-9)8-17-12(5-6-12)13(14,15)16/h3-4,7,17H,5-6,8H2,1-2H3. The van der Waals surface area contributed by atoms with Crippen LogP contribution in [0.25, 0.3) is 0 Å². The van der Waals surface area contributed by atoms with Gasteiger partial charge in [-0.3, -0.25) is 5.32 Å². The number of aryl methyl sites for hydroxylation is 1. The molecule has 100 valence electrons. The number of rotatable bonds is 4. The van der Waals surface area contributed by atoms with Gasteiger partial charge in [-0.05, 0) is 25.8 Å². The summed E-state index contributed by atoms with van der Waals surface area (Å²) in [6.07, 6.45) is -3.86. The van der Waals surface area contributed by atoms with E-state index >= 15 is 0 Å². The summed E-state index contributed by atoms with van der Waals surface area (Å²) in [6.45, 7) is 2.07. The Balaban J connectivity index is 2.09. The van der Waals surface area contributed by atoms with Crippen LogP contribution in [0.4, 0.5) is 13.2 Å². The van der Waals surface area contributed by atoms with E-state index in [1.165, 1.54) is 7.11 Å². The highest BCUT2D eigenvalue weighted by atomic mass is 19.4. The Morgan fingerprint density at radius 3 is 2.50 bits per heavy atom. The Bertz CT molecular complexity index is 438. The Morgan fingerprint density at radius 2 is 2.00 bits per heavy atom. The summed E-state index contributed by atoms with van der Waals surface area (Å²) in [6, 6.07) is 5.50. The zero-order valence-corrected chi connectivity index (χ0v) is 10.4. The maximum atomic E-state index is 12.8. The molecule has 18 heavy (non-hydrogen) atoms. The van der Waals surface area contributed by atoms with Crippen LogP contribution in [0.3, 0.4) is 0 Å². The molecule has 0 unspecified atom stereocenters. The van der Waals surface area contributed by atoms with Crippen LogP contribution in [-0.2, 0) is 6.54 Å². The maximum absolute atomic E-state index is 12.8. The second kappa shape index (κ2) is 4.46. The van der Waals surface area contributed by atoms with Crippen LogP contribution in [0.1, 0.15) is 24.0 Å². The molecule has 1 saturated carbocycles. The van der Waals surface area contributed by atoms with Crippen molar-refractivity contribution in [3.8, 4) is 5.75 Å². The molecule has 0 aliphatic heterocycles. The third-order valence-electron chi connectivity index (χ3n) is 3.35. The molecule has 1 N–H and O–H groups in total. The molecule has 5 heteroatoms. The van der Waals surface area contributed by atoms with Gasteiger partial charge < -0.3 is 4.74 Å². The van der Waals surface area contributed by atoms with Crippen molar-refractivity contribution in [3.63, 3.8) is 0 Å². The topological polar surface area (TPSA) is 21.3 Å². The van der Waals surface area contributed by atoms with Crippen LogP contribution < -0.4 is 10.1 Å². The van der Waals surface area contributed by atoms with Gasteiger partial charge in [-0.15, -0.1) is 0 Å². The lowest BCUT2D eigenvalue weighted by Crippen LogP contribution is -2.44. The van der Waals surface area contributed by atoms with Crippen LogP contribution in [0.5, 0.6) is 5.75 Å². The molecule has 0 radical (unpaired) electrons. The summed E-state index contributed by atoms with van der Waals surface area (Å²) in [5, 5.41) is 2.62. The number of methoxy groups -OCH3 is 1. The van der Waals surface area contributed by atoms with Gasteiger partial charge >= 0.3 is 6.18 Å². The Hall–Kier alpha value is -1.23. The van der Waals surface area contributed by atoms with E-state index < -0.39 is 11.7 Å². The molecule has 2 nitrogen and oxygen atoms in total. The lowest BCUT2D eigenvalue weighted by atomic mass is 10.1. The van der Waals surface area contributed by atoms with E-state index in [-0.39, 0.29) is 19.4 Å². The zero-order valence-electron chi connectivity index (χ0n) is 10.4. The fraction of sp³-hybridized carbons (Fsp3) is 0.538. The number of hydrogen-bond acceptors (Lipinski definition) is 2. The van der Waals surface area contributed by atoms with Crippen molar-refractivity contribution in [2.75, 3.05) is 7.11 Å². The first-order chi connectivity index (χ1) is 8.38. The highest BCUT2D eigenvalue weighted by Crippen LogP contribution is 2.49. The minimum Gasteiger partial charge on any atom is -0.496 e. The second-order valence-electron chi connectivity index (χ2n) is 4.75. The van der Waals surface area contributed by atoms with Crippen molar-refractivity contribution < 1.29 is 17.9 Å². The minimum absolute atomic E-state index is 0.157. The van der Waals surface area contributed by atoms with Crippen molar-refractivity contribution >= 4 is 0 Å². The van der Waals surface area contributed by atoms with E-state index in [9.17, 15) is 13.2 Å². The smallest absolute Gasteiger partial charge is 0.406 e. The number of hydrogen-bond donors (Lipinski definition) is 1. The predicted molar refractivity (Wildman–Crippen MR) is 62.6 cm³/mol. The monoisotopic (exact) mass is 259 g/mol. The van der Waals surface area contributed by atoms with Crippen molar-refractivity contribution in [2.45, 2.75) is 38.0 Å². The van der Waals surface area contributed by atoms with Crippen LogP contribution in [0, 0.1) is 6.92 Å². The summed E-state index contributed by atoms with van der Waals surface area (Å²) >= 11 is 0. The highest BCUT2D eigenvalue weighted by Gasteiger charge is 2.62. The first kappa shape index (κ1) is 13.2. The molecule has 1 aliphatic carbocycles. The summed E-state index contributed by atoms with van der Waals surface area (Å²) in [5.74, 6) is 0.617. The maximum Gasteiger partial charge on any atom is 0.406 e. The van der Waals surface area contributed by atoms with Gasteiger partial charge in [-0.1, -0.05) is 17.7 Å². The molecule has 0 aromatic heterocycles. The van der Waals surface area contributed by atoms with Gasteiger partial charge in [0, 0.05) is 12.1 Å². The SMILES string of the molecule is COc1ccc(C)cc1CNC1(C(F)(F)F)CC1. The third kappa shape index (κ3) is 2.46.